The molecule has 1 aromatic rings. The van der Waals surface area contributed by atoms with E-state index in [1.165, 1.54) is 6.20 Å². The minimum atomic E-state index is -0.182. The van der Waals surface area contributed by atoms with Gasteiger partial charge in [0.25, 0.3) is 5.91 Å². The second-order valence-corrected chi connectivity index (χ2v) is 4.41. The third-order valence-corrected chi connectivity index (χ3v) is 3.07. The molecule has 1 aliphatic rings. The molecule has 1 amide bonds. The maximum atomic E-state index is 12.1. The van der Waals surface area contributed by atoms with Crippen molar-refractivity contribution in [2.75, 3.05) is 13.1 Å². The van der Waals surface area contributed by atoms with Gasteiger partial charge in [0.1, 0.15) is 17.5 Å². The Morgan fingerprint density at radius 3 is 2.89 bits per heavy atom. The van der Waals surface area contributed by atoms with Crippen LogP contribution in [0.2, 0.25) is 0 Å². The van der Waals surface area contributed by atoms with Crippen LogP contribution in [-0.4, -0.2) is 34.7 Å². The molecule has 1 aromatic heterocycles. The highest BCUT2D eigenvalue weighted by Crippen LogP contribution is 2.14. The van der Waals surface area contributed by atoms with Gasteiger partial charge in [-0.2, -0.15) is 5.26 Å². The van der Waals surface area contributed by atoms with E-state index in [1.807, 2.05) is 13.0 Å². The number of rotatable bonds is 1. The van der Waals surface area contributed by atoms with Crippen LogP contribution in [0.15, 0.2) is 18.3 Å². The molecular formula is C13H13N3O2. The van der Waals surface area contributed by atoms with Gasteiger partial charge in [-0.05, 0) is 12.1 Å². The zero-order valence-corrected chi connectivity index (χ0v) is 10.1. The fourth-order valence-corrected chi connectivity index (χ4v) is 1.95. The zero-order chi connectivity index (χ0) is 13.1. The first kappa shape index (κ1) is 12.2. The first-order chi connectivity index (χ1) is 8.61. The van der Waals surface area contributed by atoms with E-state index in [2.05, 4.69) is 4.98 Å². The summed E-state index contributed by atoms with van der Waals surface area (Å²) in [7, 11) is 0. The Morgan fingerprint density at radius 1 is 1.56 bits per heavy atom. The molecule has 0 aliphatic carbocycles. The lowest BCUT2D eigenvalue weighted by molar-refractivity contribution is -0.124. The largest absolute Gasteiger partial charge is 0.336 e. The van der Waals surface area contributed by atoms with Crippen molar-refractivity contribution in [1.29, 1.82) is 5.26 Å². The van der Waals surface area contributed by atoms with Crippen molar-refractivity contribution in [1.82, 2.24) is 9.88 Å². The molecule has 0 radical (unpaired) electrons. The number of hydrogen-bond donors (Lipinski definition) is 0. The highest BCUT2D eigenvalue weighted by atomic mass is 16.2. The van der Waals surface area contributed by atoms with Crippen molar-refractivity contribution in [2.24, 2.45) is 5.92 Å². The number of piperidine rings is 1. The molecule has 2 heterocycles. The summed E-state index contributed by atoms with van der Waals surface area (Å²) in [5.74, 6) is -0.0910. The molecule has 1 aliphatic heterocycles. The number of pyridine rings is 1. The number of carbonyl (C=O) groups excluding carboxylic acids is 2. The lowest BCUT2D eigenvalue weighted by atomic mass is 9.98. The summed E-state index contributed by atoms with van der Waals surface area (Å²) in [6.45, 7) is 2.72. The lowest BCUT2D eigenvalue weighted by Crippen LogP contribution is -2.43. The number of carbonyl (C=O) groups is 2. The van der Waals surface area contributed by atoms with Gasteiger partial charge >= 0.3 is 0 Å². The van der Waals surface area contributed by atoms with Crippen molar-refractivity contribution >= 4 is 11.7 Å². The quantitative estimate of drug-likeness (QED) is 0.737. The van der Waals surface area contributed by atoms with Gasteiger partial charge < -0.3 is 4.90 Å². The maximum Gasteiger partial charge on any atom is 0.272 e. The fourth-order valence-electron chi connectivity index (χ4n) is 1.95. The Bertz CT molecular complexity index is 516. The predicted octanol–water partition coefficient (Wildman–Crippen LogP) is 1.00. The van der Waals surface area contributed by atoms with Crippen LogP contribution in [0.4, 0.5) is 0 Å². The van der Waals surface area contributed by atoms with E-state index < -0.39 is 0 Å². The fraction of sp³-hybridized carbons (Fsp3) is 0.385. The van der Waals surface area contributed by atoms with E-state index in [-0.39, 0.29) is 17.6 Å². The number of aromatic nitrogens is 1. The van der Waals surface area contributed by atoms with E-state index in [4.69, 9.17) is 5.26 Å². The molecule has 2 rings (SSSR count). The summed E-state index contributed by atoms with van der Waals surface area (Å²) in [5, 5.41) is 8.66. The maximum absolute atomic E-state index is 12.1. The van der Waals surface area contributed by atoms with Crippen LogP contribution in [-0.2, 0) is 4.79 Å². The number of nitrogens with zero attached hydrogens (tertiary/aromatic N) is 3. The molecule has 1 saturated heterocycles. The molecule has 0 N–H and O–H groups in total. The number of nitriles is 1. The Morgan fingerprint density at radius 2 is 2.33 bits per heavy atom. The van der Waals surface area contributed by atoms with Crippen LogP contribution in [0.3, 0.4) is 0 Å². The Balaban J connectivity index is 2.11. The Kier molecular flexibility index (Phi) is 3.38. The summed E-state index contributed by atoms with van der Waals surface area (Å²) < 4.78 is 0. The van der Waals surface area contributed by atoms with Crippen LogP contribution in [0.1, 0.15) is 29.4 Å². The van der Waals surface area contributed by atoms with E-state index in [9.17, 15) is 9.59 Å². The third kappa shape index (κ3) is 2.38. The lowest BCUT2D eigenvalue weighted by Gasteiger charge is -2.29. The summed E-state index contributed by atoms with van der Waals surface area (Å²) in [4.78, 5) is 29.1. The van der Waals surface area contributed by atoms with Gasteiger partial charge in [0.15, 0.2) is 0 Å². The smallest absolute Gasteiger partial charge is 0.272 e. The topological polar surface area (TPSA) is 74.1 Å². The molecule has 5 nitrogen and oxygen atoms in total. The van der Waals surface area contributed by atoms with E-state index in [0.717, 1.165) is 0 Å². The highest BCUT2D eigenvalue weighted by Gasteiger charge is 2.27. The van der Waals surface area contributed by atoms with Crippen LogP contribution < -0.4 is 0 Å². The van der Waals surface area contributed by atoms with Crippen LogP contribution >= 0.6 is 0 Å². The van der Waals surface area contributed by atoms with E-state index >= 15 is 0 Å². The Hall–Kier alpha value is -2.22. The molecule has 5 heteroatoms. The third-order valence-electron chi connectivity index (χ3n) is 3.07. The van der Waals surface area contributed by atoms with Crippen molar-refractivity contribution in [3.63, 3.8) is 0 Å². The number of ketones is 1. The molecule has 0 saturated carbocycles. The van der Waals surface area contributed by atoms with Crippen LogP contribution in [0.25, 0.3) is 0 Å². The molecule has 0 aromatic carbocycles. The zero-order valence-electron chi connectivity index (χ0n) is 10.1. The monoisotopic (exact) mass is 243 g/mol. The van der Waals surface area contributed by atoms with E-state index in [1.54, 1.807) is 17.0 Å². The average Bonchev–Trinajstić information content (AvgIpc) is 2.41. The number of hydrogen-bond acceptors (Lipinski definition) is 4. The molecular weight excluding hydrogens is 230 g/mol. The molecule has 92 valence electrons. The summed E-state index contributed by atoms with van der Waals surface area (Å²) in [6.07, 6.45) is 1.79. The summed E-state index contributed by atoms with van der Waals surface area (Å²) in [6, 6.07) is 5.07. The van der Waals surface area contributed by atoms with Gasteiger partial charge in [0, 0.05) is 31.6 Å². The van der Waals surface area contributed by atoms with Crippen molar-refractivity contribution < 1.29 is 9.59 Å². The molecule has 0 spiro atoms. The SMILES string of the molecule is CC1CN(C(=O)c2ccc(C#N)cn2)CCC1=O. The number of amides is 1. The minimum absolute atomic E-state index is 0.110. The van der Waals surface area contributed by atoms with Crippen molar-refractivity contribution in [2.45, 2.75) is 13.3 Å². The van der Waals surface area contributed by atoms with Gasteiger partial charge in [-0.25, -0.2) is 4.98 Å². The van der Waals surface area contributed by atoms with Crippen LogP contribution in [0, 0.1) is 17.2 Å². The normalized spacial score (nSPS) is 19.4. The molecule has 1 fully saturated rings. The molecule has 1 unspecified atom stereocenters. The summed E-state index contributed by atoms with van der Waals surface area (Å²) in [5.41, 5.74) is 0.740. The predicted molar refractivity (Wildman–Crippen MR) is 63.6 cm³/mol. The van der Waals surface area contributed by atoms with Gasteiger partial charge in [-0.3, -0.25) is 9.59 Å². The first-order valence-corrected chi connectivity index (χ1v) is 5.80. The van der Waals surface area contributed by atoms with E-state index in [0.29, 0.717) is 30.8 Å². The Labute approximate surface area is 105 Å². The van der Waals surface area contributed by atoms with Gasteiger partial charge in [0.2, 0.25) is 0 Å². The molecule has 0 bridgehead atoms. The summed E-state index contributed by atoms with van der Waals surface area (Å²) >= 11 is 0. The molecule has 1 atom stereocenters. The number of likely N-dealkylation sites (tertiary alicyclic amines) is 1. The second kappa shape index (κ2) is 4.96. The first-order valence-electron chi connectivity index (χ1n) is 5.80. The molecule has 18 heavy (non-hydrogen) atoms. The van der Waals surface area contributed by atoms with Crippen molar-refractivity contribution in [3.8, 4) is 6.07 Å². The highest BCUT2D eigenvalue weighted by molar-refractivity contribution is 5.94. The van der Waals surface area contributed by atoms with Crippen LogP contribution in [0.5, 0.6) is 0 Å². The van der Waals surface area contributed by atoms with Gasteiger partial charge in [-0.15, -0.1) is 0 Å². The minimum Gasteiger partial charge on any atom is -0.336 e. The number of Topliss-reactive ketones (excluding diaryl/α,β-unsaturated/α-hetero) is 1. The van der Waals surface area contributed by atoms with Gasteiger partial charge in [-0.1, -0.05) is 6.92 Å². The van der Waals surface area contributed by atoms with Crippen molar-refractivity contribution in [3.05, 3.63) is 29.6 Å². The second-order valence-electron chi connectivity index (χ2n) is 4.41. The average molecular weight is 243 g/mol. The van der Waals surface area contributed by atoms with Gasteiger partial charge in [0.05, 0.1) is 5.56 Å². The standard InChI is InChI=1S/C13H13N3O2/c1-9-8-16(5-4-12(9)17)13(18)11-3-2-10(6-14)7-15-11/h2-3,7,9H,4-5,8H2,1H3.